The number of aromatic nitrogens is 2. The van der Waals surface area contributed by atoms with Crippen LogP contribution >= 0.6 is 0 Å². The molecule has 4 aromatic rings. The van der Waals surface area contributed by atoms with Crippen LogP contribution in [-0.2, 0) is 25.9 Å². The molecule has 0 amide bonds. The monoisotopic (exact) mass is 460 g/mol. The van der Waals surface area contributed by atoms with Gasteiger partial charge in [0.1, 0.15) is 11.6 Å². The van der Waals surface area contributed by atoms with Gasteiger partial charge in [0.05, 0.1) is 22.4 Å². The first kappa shape index (κ1) is 20.7. The maximum atomic E-state index is 14.4. The van der Waals surface area contributed by atoms with Gasteiger partial charge in [-0.3, -0.25) is 0 Å². The molecule has 176 valence electrons. The number of halogens is 2. The van der Waals surface area contributed by atoms with Gasteiger partial charge in [-0.1, -0.05) is 0 Å². The SMILES string of the molecule is Fc1ccc2c(C[C@@H]3CCCN3)c3n(c2c1)CCn1c-3c(C[C@@H]2CCCN2)c2ccc(F)cc21. The standard InChI is InChI=1S/C28H30F2N4/c29-17-5-7-21-23(15-19-3-1-9-31-19)27-28-24(16-20-4-2-10-32-20)22-8-6-18(30)14-26(22)34(28)12-11-33(27)25(21)13-17/h5-8,13-14,19-20,31-32H,1-4,9-12,15-16H2/t19-,20-/m0/s1. The number of nitrogens with one attached hydrogen (secondary N) is 2. The molecule has 5 heterocycles. The van der Waals surface area contributed by atoms with Crippen molar-refractivity contribution in [1.29, 1.82) is 0 Å². The number of hydrogen-bond donors (Lipinski definition) is 2. The minimum Gasteiger partial charge on any atom is -0.337 e. The van der Waals surface area contributed by atoms with E-state index in [2.05, 4.69) is 19.8 Å². The van der Waals surface area contributed by atoms with Crippen molar-refractivity contribution in [3.8, 4) is 11.4 Å². The molecule has 3 aliphatic rings. The highest BCUT2D eigenvalue weighted by atomic mass is 19.1. The van der Waals surface area contributed by atoms with E-state index in [1.165, 1.54) is 48.2 Å². The van der Waals surface area contributed by atoms with E-state index >= 15 is 0 Å². The minimum absolute atomic E-state index is 0.193. The van der Waals surface area contributed by atoms with Crippen molar-refractivity contribution >= 4 is 21.8 Å². The van der Waals surface area contributed by atoms with Crippen LogP contribution in [0.25, 0.3) is 33.2 Å². The molecule has 34 heavy (non-hydrogen) atoms. The van der Waals surface area contributed by atoms with Crippen molar-refractivity contribution < 1.29 is 8.78 Å². The molecule has 3 aliphatic heterocycles. The Kier molecular flexibility index (Phi) is 4.81. The molecule has 2 atom stereocenters. The Balaban J connectivity index is 1.51. The van der Waals surface area contributed by atoms with Crippen molar-refractivity contribution in [2.75, 3.05) is 13.1 Å². The second kappa shape index (κ2) is 7.92. The Morgan fingerprint density at radius 2 is 1.18 bits per heavy atom. The Hall–Kier alpha value is -2.70. The molecule has 0 aliphatic carbocycles. The van der Waals surface area contributed by atoms with Crippen LogP contribution in [0, 0.1) is 11.6 Å². The van der Waals surface area contributed by atoms with E-state index in [4.69, 9.17) is 0 Å². The lowest BCUT2D eigenvalue weighted by atomic mass is 9.95. The summed E-state index contributed by atoms with van der Waals surface area (Å²) in [5, 5.41) is 9.62. The third kappa shape index (κ3) is 3.15. The first-order valence-electron chi connectivity index (χ1n) is 12.8. The average molecular weight is 461 g/mol. The fraction of sp³-hybridized carbons (Fsp3) is 0.429. The summed E-state index contributed by atoms with van der Waals surface area (Å²) in [4.78, 5) is 0. The van der Waals surface area contributed by atoms with Gasteiger partial charge in [0.25, 0.3) is 0 Å². The van der Waals surface area contributed by atoms with E-state index in [-0.39, 0.29) is 11.6 Å². The van der Waals surface area contributed by atoms with Crippen LogP contribution in [0.2, 0.25) is 0 Å². The smallest absolute Gasteiger partial charge is 0.125 e. The average Bonchev–Trinajstić information content (AvgIpc) is 3.63. The van der Waals surface area contributed by atoms with E-state index < -0.39 is 0 Å². The molecule has 2 fully saturated rings. The van der Waals surface area contributed by atoms with Crippen LogP contribution in [-0.4, -0.2) is 34.3 Å². The third-order valence-corrected chi connectivity index (χ3v) is 8.26. The molecular formula is C28H30F2N4. The normalized spacial score (nSPS) is 22.1. The van der Waals surface area contributed by atoms with Gasteiger partial charge in [-0.2, -0.15) is 0 Å². The van der Waals surface area contributed by atoms with E-state index in [9.17, 15) is 8.78 Å². The summed E-state index contributed by atoms with van der Waals surface area (Å²) in [6.45, 7) is 3.65. The van der Waals surface area contributed by atoms with Gasteiger partial charge in [0.2, 0.25) is 0 Å². The van der Waals surface area contributed by atoms with Crippen LogP contribution in [0.3, 0.4) is 0 Å². The maximum absolute atomic E-state index is 14.4. The lowest BCUT2D eigenvalue weighted by Gasteiger charge is -2.24. The van der Waals surface area contributed by atoms with Gasteiger partial charge in [-0.05, 0) is 99.1 Å². The Morgan fingerprint density at radius 1 is 0.706 bits per heavy atom. The Bertz CT molecular complexity index is 1300. The summed E-state index contributed by atoms with van der Waals surface area (Å²) in [7, 11) is 0. The van der Waals surface area contributed by atoms with Gasteiger partial charge in [-0.15, -0.1) is 0 Å². The van der Waals surface area contributed by atoms with Crippen molar-refractivity contribution in [3.05, 3.63) is 59.2 Å². The fourth-order valence-electron chi connectivity index (χ4n) is 6.76. The molecule has 2 aromatic carbocycles. The number of rotatable bonds is 4. The predicted molar refractivity (Wildman–Crippen MR) is 132 cm³/mol. The number of hydrogen-bond acceptors (Lipinski definition) is 2. The summed E-state index contributed by atoms with van der Waals surface area (Å²) in [6, 6.07) is 11.4. The molecule has 2 aromatic heterocycles. The van der Waals surface area contributed by atoms with E-state index in [0.29, 0.717) is 12.1 Å². The van der Waals surface area contributed by atoms with Gasteiger partial charge >= 0.3 is 0 Å². The molecule has 7 rings (SSSR count). The second-order valence-corrected chi connectivity index (χ2v) is 10.3. The first-order chi connectivity index (χ1) is 16.7. The van der Waals surface area contributed by atoms with E-state index in [1.54, 1.807) is 24.3 Å². The summed E-state index contributed by atoms with van der Waals surface area (Å²) >= 11 is 0. The van der Waals surface area contributed by atoms with E-state index in [0.717, 1.165) is 60.8 Å². The van der Waals surface area contributed by atoms with Gasteiger partial charge in [0, 0.05) is 35.9 Å². The van der Waals surface area contributed by atoms with Crippen LogP contribution < -0.4 is 10.6 Å². The van der Waals surface area contributed by atoms with Crippen LogP contribution in [0.5, 0.6) is 0 Å². The maximum Gasteiger partial charge on any atom is 0.125 e. The molecule has 2 N–H and O–H groups in total. The quantitative estimate of drug-likeness (QED) is 0.442. The van der Waals surface area contributed by atoms with Crippen molar-refractivity contribution in [1.82, 2.24) is 19.8 Å². The van der Waals surface area contributed by atoms with E-state index in [1.807, 2.05) is 12.1 Å². The molecular weight excluding hydrogens is 430 g/mol. The number of benzene rings is 2. The molecule has 4 nitrogen and oxygen atoms in total. The van der Waals surface area contributed by atoms with Crippen LogP contribution in [0.1, 0.15) is 36.8 Å². The summed E-state index contributed by atoms with van der Waals surface area (Å²) in [6.07, 6.45) is 6.60. The number of nitrogens with zero attached hydrogens (tertiary/aromatic N) is 2. The van der Waals surface area contributed by atoms with Crippen molar-refractivity contribution in [3.63, 3.8) is 0 Å². The number of aryl methyl sites for hydroxylation is 2. The van der Waals surface area contributed by atoms with Gasteiger partial charge in [-0.25, -0.2) is 8.78 Å². The zero-order valence-electron chi connectivity index (χ0n) is 19.3. The lowest BCUT2D eigenvalue weighted by molar-refractivity contribution is 0.564. The van der Waals surface area contributed by atoms with Gasteiger partial charge in [0.15, 0.2) is 0 Å². The highest BCUT2D eigenvalue weighted by Gasteiger charge is 2.32. The topological polar surface area (TPSA) is 33.9 Å². The molecule has 0 saturated carbocycles. The first-order valence-corrected chi connectivity index (χ1v) is 12.8. The fourth-order valence-corrected chi connectivity index (χ4v) is 6.76. The molecule has 0 radical (unpaired) electrons. The zero-order valence-corrected chi connectivity index (χ0v) is 19.3. The minimum atomic E-state index is -0.193. The summed E-state index contributed by atoms with van der Waals surface area (Å²) in [5.74, 6) is -0.385. The largest absolute Gasteiger partial charge is 0.337 e. The molecule has 0 bridgehead atoms. The highest BCUT2D eigenvalue weighted by molar-refractivity contribution is 5.98. The summed E-state index contributed by atoms with van der Waals surface area (Å²) < 4.78 is 33.5. The third-order valence-electron chi connectivity index (χ3n) is 8.26. The Labute approximate surface area is 197 Å². The predicted octanol–water partition coefficient (Wildman–Crippen LogP) is 5.14. The molecule has 2 saturated heterocycles. The van der Waals surface area contributed by atoms with Crippen LogP contribution in [0.15, 0.2) is 36.4 Å². The summed E-state index contributed by atoms with van der Waals surface area (Å²) in [5.41, 5.74) is 7.00. The molecule has 0 spiro atoms. The molecule has 6 heteroatoms. The van der Waals surface area contributed by atoms with Gasteiger partial charge < -0.3 is 19.8 Å². The zero-order chi connectivity index (χ0) is 22.8. The second-order valence-electron chi connectivity index (χ2n) is 10.3. The number of fused-ring (bicyclic) bond motifs is 7. The Morgan fingerprint density at radius 3 is 1.59 bits per heavy atom. The van der Waals surface area contributed by atoms with Crippen LogP contribution in [0.4, 0.5) is 8.78 Å². The molecule has 0 unspecified atom stereocenters. The highest BCUT2D eigenvalue weighted by Crippen LogP contribution is 2.44. The lowest BCUT2D eigenvalue weighted by Crippen LogP contribution is -2.26. The van der Waals surface area contributed by atoms with Crippen molar-refractivity contribution in [2.24, 2.45) is 0 Å². The van der Waals surface area contributed by atoms with Crippen molar-refractivity contribution in [2.45, 2.75) is 63.7 Å².